The number of hydrogen-bond acceptors (Lipinski definition) is 3. The minimum absolute atomic E-state index is 0.0367. The summed E-state index contributed by atoms with van der Waals surface area (Å²) in [6, 6.07) is 14.5. The van der Waals surface area contributed by atoms with Gasteiger partial charge >= 0.3 is 0 Å². The van der Waals surface area contributed by atoms with Gasteiger partial charge < -0.3 is 10.6 Å². The molecule has 23 heavy (non-hydrogen) atoms. The topological polar surface area (TPSA) is 46.3 Å². The second-order valence-electron chi connectivity index (χ2n) is 6.04. The lowest BCUT2D eigenvalue weighted by molar-refractivity contribution is -0.130. The van der Waals surface area contributed by atoms with Gasteiger partial charge in [0.1, 0.15) is 0 Å². The van der Waals surface area contributed by atoms with Gasteiger partial charge in [-0.25, -0.2) is 0 Å². The van der Waals surface area contributed by atoms with Crippen molar-refractivity contribution in [2.45, 2.75) is 31.2 Å². The van der Waals surface area contributed by atoms with Gasteiger partial charge in [-0.2, -0.15) is 0 Å². The van der Waals surface area contributed by atoms with Gasteiger partial charge in [0, 0.05) is 36.3 Å². The van der Waals surface area contributed by atoms with Crippen LogP contribution in [-0.2, 0) is 11.2 Å². The molecular formula is C18H21BrN2OS. The lowest BCUT2D eigenvalue weighted by Gasteiger charge is -2.16. The Hall–Kier alpha value is -1.17. The maximum Gasteiger partial charge on any atom is 0.222 e. The molecule has 1 saturated heterocycles. The average molecular weight is 393 g/mol. The molecule has 1 aliphatic heterocycles. The molecule has 1 aromatic carbocycles. The molecule has 0 unspecified atom stereocenters. The molecule has 2 aromatic rings. The average Bonchev–Trinajstić information content (AvgIpc) is 3.14. The summed E-state index contributed by atoms with van der Waals surface area (Å²) in [5.74, 6) is 0.489. The minimum atomic E-state index is 0.0367. The molecule has 1 amide bonds. The van der Waals surface area contributed by atoms with Crippen molar-refractivity contribution in [3.63, 3.8) is 0 Å². The van der Waals surface area contributed by atoms with Crippen molar-refractivity contribution in [3.05, 3.63) is 56.7 Å². The molecule has 3 rings (SSSR count). The standard InChI is InChI=1S/C18H21BrN2OS/c19-17-10-9-14(23-17)7-4-8-18(22)21-11-15(16(20)12-21)13-5-2-1-3-6-13/h1-3,5-6,9-10,15-16H,4,7-8,11-12,20H2/t15-,16+/m0/s1. The SMILES string of the molecule is N[C@@H]1CN(C(=O)CCCc2ccc(Br)s2)C[C@H]1c1ccccc1. The van der Waals surface area contributed by atoms with Crippen LogP contribution in [0.15, 0.2) is 46.3 Å². The van der Waals surface area contributed by atoms with Crippen molar-refractivity contribution in [1.82, 2.24) is 4.90 Å². The first-order chi connectivity index (χ1) is 11.1. The summed E-state index contributed by atoms with van der Waals surface area (Å²) in [5, 5.41) is 0. The molecule has 2 atom stereocenters. The smallest absolute Gasteiger partial charge is 0.222 e. The first-order valence-corrected chi connectivity index (χ1v) is 9.57. The Morgan fingerprint density at radius 1 is 1.22 bits per heavy atom. The van der Waals surface area contributed by atoms with Crippen LogP contribution in [0.1, 0.15) is 29.2 Å². The summed E-state index contributed by atoms with van der Waals surface area (Å²) in [4.78, 5) is 15.7. The maximum absolute atomic E-state index is 12.4. The highest BCUT2D eigenvalue weighted by atomic mass is 79.9. The van der Waals surface area contributed by atoms with Crippen LogP contribution < -0.4 is 5.73 Å². The number of aryl methyl sites for hydroxylation is 1. The fourth-order valence-electron chi connectivity index (χ4n) is 3.14. The van der Waals surface area contributed by atoms with E-state index in [2.05, 4.69) is 40.2 Å². The fourth-order valence-corrected chi connectivity index (χ4v) is 4.67. The molecular weight excluding hydrogens is 372 g/mol. The predicted molar refractivity (Wildman–Crippen MR) is 98.7 cm³/mol. The van der Waals surface area contributed by atoms with Crippen LogP contribution in [0.5, 0.6) is 0 Å². The van der Waals surface area contributed by atoms with Crippen LogP contribution in [0.25, 0.3) is 0 Å². The normalized spacial score (nSPS) is 20.9. The van der Waals surface area contributed by atoms with Crippen molar-refractivity contribution >= 4 is 33.2 Å². The molecule has 1 aliphatic rings. The number of nitrogens with zero attached hydrogens (tertiary/aromatic N) is 1. The number of rotatable bonds is 5. The number of hydrogen-bond donors (Lipinski definition) is 1. The maximum atomic E-state index is 12.4. The number of thiophene rings is 1. The third-order valence-electron chi connectivity index (χ3n) is 4.39. The number of amides is 1. The molecule has 3 nitrogen and oxygen atoms in total. The van der Waals surface area contributed by atoms with Crippen molar-refractivity contribution in [2.75, 3.05) is 13.1 Å². The Labute approximate surface area is 149 Å². The molecule has 2 N–H and O–H groups in total. The van der Waals surface area contributed by atoms with E-state index in [-0.39, 0.29) is 17.9 Å². The van der Waals surface area contributed by atoms with Gasteiger partial charge in [0.2, 0.25) is 5.91 Å². The molecule has 1 fully saturated rings. The lowest BCUT2D eigenvalue weighted by Crippen LogP contribution is -2.32. The highest BCUT2D eigenvalue weighted by Gasteiger charge is 2.33. The molecule has 1 aromatic heterocycles. The van der Waals surface area contributed by atoms with E-state index in [9.17, 15) is 4.79 Å². The van der Waals surface area contributed by atoms with Gasteiger partial charge in [0.15, 0.2) is 0 Å². The third kappa shape index (κ3) is 4.22. The lowest BCUT2D eigenvalue weighted by atomic mass is 9.95. The Morgan fingerprint density at radius 2 is 2.00 bits per heavy atom. The van der Waals surface area contributed by atoms with E-state index in [1.54, 1.807) is 11.3 Å². The Bertz CT molecular complexity index is 658. The summed E-state index contributed by atoms with van der Waals surface area (Å²) in [5.41, 5.74) is 7.50. The molecule has 0 aliphatic carbocycles. The van der Waals surface area contributed by atoms with Gasteiger partial charge in [0.25, 0.3) is 0 Å². The van der Waals surface area contributed by atoms with Gasteiger partial charge in [-0.1, -0.05) is 30.3 Å². The van der Waals surface area contributed by atoms with Crippen LogP contribution >= 0.6 is 27.3 Å². The van der Waals surface area contributed by atoms with Gasteiger partial charge in [-0.15, -0.1) is 11.3 Å². The third-order valence-corrected chi connectivity index (χ3v) is 6.07. The summed E-state index contributed by atoms with van der Waals surface area (Å²) < 4.78 is 1.15. The van der Waals surface area contributed by atoms with E-state index in [1.807, 2.05) is 23.1 Å². The molecule has 0 saturated carbocycles. The second kappa shape index (κ2) is 7.60. The van der Waals surface area contributed by atoms with E-state index in [4.69, 9.17) is 5.73 Å². The monoisotopic (exact) mass is 392 g/mol. The molecule has 0 radical (unpaired) electrons. The van der Waals surface area contributed by atoms with E-state index in [0.29, 0.717) is 13.0 Å². The van der Waals surface area contributed by atoms with Crippen LogP contribution in [0, 0.1) is 0 Å². The number of nitrogens with two attached hydrogens (primary N) is 1. The van der Waals surface area contributed by atoms with Crippen LogP contribution in [0.4, 0.5) is 0 Å². The summed E-state index contributed by atoms with van der Waals surface area (Å²) >= 11 is 5.21. The van der Waals surface area contributed by atoms with E-state index in [1.165, 1.54) is 10.4 Å². The number of benzene rings is 1. The van der Waals surface area contributed by atoms with E-state index >= 15 is 0 Å². The Morgan fingerprint density at radius 3 is 2.70 bits per heavy atom. The number of halogens is 1. The number of carbonyl (C=O) groups is 1. The highest BCUT2D eigenvalue weighted by Crippen LogP contribution is 2.27. The van der Waals surface area contributed by atoms with Crippen molar-refractivity contribution in [2.24, 2.45) is 5.73 Å². The van der Waals surface area contributed by atoms with Crippen LogP contribution in [-0.4, -0.2) is 29.9 Å². The van der Waals surface area contributed by atoms with Crippen molar-refractivity contribution in [1.29, 1.82) is 0 Å². The molecule has 122 valence electrons. The largest absolute Gasteiger partial charge is 0.340 e. The zero-order chi connectivity index (χ0) is 16.2. The van der Waals surface area contributed by atoms with Crippen LogP contribution in [0.2, 0.25) is 0 Å². The summed E-state index contributed by atoms with van der Waals surface area (Å²) in [6.07, 6.45) is 2.46. The minimum Gasteiger partial charge on any atom is -0.340 e. The Kier molecular flexibility index (Phi) is 5.51. The van der Waals surface area contributed by atoms with Crippen molar-refractivity contribution < 1.29 is 4.79 Å². The van der Waals surface area contributed by atoms with E-state index < -0.39 is 0 Å². The molecule has 2 heterocycles. The quantitative estimate of drug-likeness (QED) is 0.840. The first kappa shape index (κ1) is 16.7. The van der Waals surface area contributed by atoms with Gasteiger partial charge in [-0.3, -0.25) is 4.79 Å². The van der Waals surface area contributed by atoms with Gasteiger partial charge in [0.05, 0.1) is 3.79 Å². The summed E-state index contributed by atoms with van der Waals surface area (Å²) in [6.45, 7) is 1.41. The number of carbonyl (C=O) groups excluding carboxylic acids is 1. The summed E-state index contributed by atoms with van der Waals surface area (Å²) in [7, 11) is 0. The van der Waals surface area contributed by atoms with Gasteiger partial charge in [-0.05, 0) is 46.5 Å². The fraction of sp³-hybridized carbons (Fsp3) is 0.389. The van der Waals surface area contributed by atoms with E-state index in [0.717, 1.165) is 23.2 Å². The zero-order valence-corrected chi connectivity index (χ0v) is 15.4. The first-order valence-electron chi connectivity index (χ1n) is 7.96. The number of likely N-dealkylation sites (tertiary alicyclic amines) is 1. The van der Waals surface area contributed by atoms with Crippen molar-refractivity contribution in [3.8, 4) is 0 Å². The molecule has 0 bridgehead atoms. The Balaban J connectivity index is 1.50. The second-order valence-corrected chi connectivity index (χ2v) is 8.59. The zero-order valence-electron chi connectivity index (χ0n) is 13.0. The molecule has 0 spiro atoms. The molecule has 5 heteroatoms. The predicted octanol–water partition coefficient (Wildman–Crippen LogP) is 3.79. The van der Waals surface area contributed by atoms with Crippen LogP contribution in [0.3, 0.4) is 0 Å². The highest BCUT2D eigenvalue weighted by molar-refractivity contribution is 9.11.